The number of benzene rings is 1. The van der Waals surface area contributed by atoms with Crippen molar-refractivity contribution in [2.75, 3.05) is 0 Å². The van der Waals surface area contributed by atoms with E-state index in [0.29, 0.717) is 0 Å². The molecule has 1 aliphatic carbocycles. The second-order valence-electron chi connectivity index (χ2n) is 5.64. The van der Waals surface area contributed by atoms with Crippen LogP contribution in [0, 0.1) is 0 Å². The molecule has 0 amide bonds. The maximum Gasteiger partial charge on any atom is 0.220 e. The quantitative estimate of drug-likeness (QED) is 0.523. The molecule has 0 spiro atoms. The number of ketones is 2. The molecule has 4 rings (SSSR count). The maximum absolute atomic E-state index is 12.6. The molecular weight excluding hydrogens is 310 g/mol. The molecule has 3 aromatic rings. The summed E-state index contributed by atoms with van der Waals surface area (Å²) in [6, 6.07) is 8.69. The van der Waals surface area contributed by atoms with Crippen LogP contribution < -0.4 is 0 Å². The molecule has 1 atom stereocenters. The molecular formula is C17H13N3O4. The van der Waals surface area contributed by atoms with E-state index in [0.717, 1.165) is 5.56 Å². The molecule has 0 saturated carbocycles. The number of hydrogen-bond acceptors (Lipinski definition) is 5. The lowest BCUT2D eigenvalue weighted by Gasteiger charge is -2.16. The Balaban J connectivity index is 1.94. The predicted octanol–water partition coefficient (Wildman–Crippen LogP) is 2.01. The third-order valence-corrected chi connectivity index (χ3v) is 4.36. The Hall–Kier alpha value is -3.35. The van der Waals surface area contributed by atoms with Gasteiger partial charge in [-0.05, 0) is 12.5 Å². The molecule has 2 aromatic heterocycles. The Labute approximate surface area is 136 Å². The summed E-state index contributed by atoms with van der Waals surface area (Å²) in [5.41, 5.74) is 0.378. The van der Waals surface area contributed by atoms with Gasteiger partial charge in [-0.15, -0.1) is 0 Å². The topological polar surface area (TPSA) is 108 Å². The Morgan fingerprint density at radius 1 is 1.04 bits per heavy atom. The number of rotatable bonds is 2. The number of carbonyl (C=O) groups excluding carboxylic acids is 2. The molecule has 1 aliphatic rings. The van der Waals surface area contributed by atoms with E-state index in [1.165, 1.54) is 10.9 Å². The van der Waals surface area contributed by atoms with Crippen LogP contribution in [0.2, 0.25) is 0 Å². The smallest absolute Gasteiger partial charge is 0.220 e. The van der Waals surface area contributed by atoms with Gasteiger partial charge in [-0.1, -0.05) is 30.3 Å². The SMILES string of the molecule is CC(c1ccccc1)n1c(O)c2c(c1O)C(=O)c1[nH]cnc1C2=O. The fourth-order valence-electron chi connectivity index (χ4n) is 3.13. The lowest BCUT2D eigenvalue weighted by molar-refractivity contribution is 0.0971. The van der Waals surface area contributed by atoms with Crippen LogP contribution in [0.3, 0.4) is 0 Å². The van der Waals surface area contributed by atoms with Gasteiger partial charge in [0.15, 0.2) is 0 Å². The Morgan fingerprint density at radius 2 is 1.67 bits per heavy atom. The van der Waals surface area contributed by atoms with Crippen LogP contribution in [-0.4, -0.2) is 36.3 Å². The predicted molar refractivity (Wildman–Crippen MR) is 83.5 cm³/mol. The zero-order chi connectivity index (χ0) is 17.0. The number of nitrogens with one attached hydrogen (secondary N) is 1. The number of carbonyl (C=O) groups is 2. The largest absolute Gasteiger partial charge is 0.494 e. The fraction of sp³-hybridized carbons (Fsp3) is 0.118. The highest BCUT2D eigenvalue weighted by Crippen LogP contribution is 2.42. The van der Waals surface area contributed by atoms with Crippen LogP contribution in [0.15, 0.2) is 36.7 Å². The number of H-pyrrole nitrogens is 1. The zero-order valence-corrected chi connectivity index (χ0v) is 12.6. The highest BCUT2D eigenvalue weighted by molar-refractivity contribution is 6.29. The summed E-state index contributed by atoms with van der Waals surface area (Å²) in [6.07, 6.45) is 1.24. The van der Waals surface area contributed by atoms with Crippen molar-refractivity contribution in [1.29, 1.82) is 0 Å². The van der Waals surface area contributed by atoms with Crippen molar-refractivity contribution in [3.63, 3.8) is 0 Å². The first-order chi connectivity index (χ1) is 11.5. The minimum absolute atomic E-state index is 0.0207. The minimum atomic E-state index is -0.590. The van der Waals surface area contributed by atoms with Gasteiger partial charge in [-0.25, -0.2) is 4.98 Å². The second-order valence-corrected chi connectivity index (χ2v) is 5.64. The summed E-state index contributed by atoms with van der Waals surface area (Å²) < 4.78 is 1.18. The third-order valence-electron chi connectivity index (χ3n) is 4.36. The van der Waals surface area contributed by atoms with Crippen LogP contribution >= 0.6 is 0 Å². The van der Waals surface area contributed by atoms with E-state index in [2.05, 4.69) is 9.97 Å². The first-order valence-electron chi connectivity index (χ1n) is 7.36. The Morgan fingerprint density at radius 3 is 2.33 bits per heavy atom. The molecule has 7 nitrogen and oxygen atoms in total. The zero-order valence-electron chi connectivity index (χ0n) is 12.6. The minimum Gasteiger partial charge on any atom is -0.494 e. The standard InChI is InChI=1S/C17H13N3O4/c1-8(9-5-3-2-4-6-9)20-16(23)10-11(17(20)24)15(22)13-12(14(10)21)18-7-19-13/h2-8,23-24H,1H3,(H,18,19). The van der Waals surface area contributed by atoms with Gasteiger partial charge in [0.05, 0.1) is 12.4 Å². The summed E-state index contributed by atoms with van der Waals surface area (Å²) in [5, 5.41) is 21.1. The Bertz CT molecular complexity index is 931. The summed E-state index contributed by atoms with van der Waals surface area (Å²) in [7, 11) is 0. The van der Waals surface area contributed by atoms with Gasteiger partial charge in [-0.2, -0.15) is 0 Å². The van der Waals surface area contributed by atoms with Gasteiger partial charge in [0, 0.05) is 0 Å². The van der Waals surface area contributed by atoms with Crippen molar-refractivity contribution in [3.8, 4) is 11.8 Å². The van der Waals surface area contributed by atoms with E-state index in [1.807, 2.05) is 30.3 Å². The monoisotopic (exact) mass is 323 g/mol. The van der Waals surface area contributed by atoms with Crippen molar-refractivity contribution < 1.29 is 19.8 Å². The van der Waals surface area contributed by atoms with Gasteiger partial charge in [0.25, 0.3) is 0 Å². The number of fused-ring (bicyclic) bond motifs is 2. The number of hydrogen-bond donors (Lipinski definition) is 3. The van der Waals surface area contributed by atoms with Crippen molar-refractivity contribution in [2.24, 2.45) is 0 Å². The molecule has 120 valence electrons. The summed E-state index contributed by atoms with van der Waals surface area (Å²) in [6.45, 7) is 1.76. The number of aromatic amines is 1. The second kappa shape index (κ2) is 4.82. The molecule has 0 saturated heterocycles. The number of imidazole rings is 1. The molecule has 0 radical (unpaired) electrons. The lowest BCUT2D eigenvalue weighted by Crippen LogP contribution is -2.19. The molecule has 3 N–H and O–H groups in total. The highest BCUT2D eigenvalue weighted by Gasteiger charge is 2.41. The van der Waals surface area contributed by atoms with Crippen LogP contribution in [0.4, 0.5) is 0 Å². The van der Waals surface area contributed by atoms with Gasteiger partial charge in [0.2, 0.25) is 23.3 Å². The molecule has 1 unspecified atom stereocenters. The average Bonchev–Trinajstić information content (AvgIpc) is 3.17. The van der Waals surface area contributed by atoms with Crippen LogP contribution in [0.5, 0.6) is 11.8 Å². The molecule has 2 heterocycles. The highest BCUT2D eigenvalue weighted by atomic mass is 16.3. The maximum atomic E-state index is 12.6. The van der Waals surface area contributed by atoms with Gasteiger partial charge in [0.1, 0.15) is 22.5 Å². The van der Waals surface area contributed by atoms with Crippen molar-refractivity contribution in [2.45, 2.75) is 13.0 Å². The lowest BCUT2D eigenvalue weighted by atomic mass is 9.93. The van der Waals surface area contributed by atoms with E-state index in [4.69, 9.17) is 0 Å². The first kappa shape index (κ1) is 14.3. The van der Waals surface area contributed by atoms with E-state index in [9.17, 15) is 19.8 Å². The summed E-state index contributed by atoms with van der Waals surface area (Å²) in [5.74, 6) is -2.03. The number of aromatic hydroxyl groups is 2. The van der Waals surface area contributed by atoms with Gasteiger partial charge < -0.3 is 15.2 Å². The normalized spacial score (nSPS) is 14.4. The van der Waals surface area contributed by atoms with E-state index >= 15 is 0 Å². The van der Waals surface area contributed by atoms with Gasteiger partial charge >= 0.3 is 0 Å². The number of nitrogens with zero attached hydrogens (tertiary/aromatic N) is 2. The average molecular weight is 323 g/mol. The van der Waals surface area contributed by atoms with Gasteiger partial charge in [-0.3, -0.25) is 14.2 Å². The van der Waals surface area contributed by atoms with Crippen LogP contribution in [0.1, 0.15) is 50.6 Å². The summed E-state index contributed by atoms with van der Waals surface area (Å²) >= 11 is 0. The van der Waals surface area contributed by atoms with E-state index in [1.54, 1.807) is 6.92 Å². The third kappa shape index (κ3) is 1.69. The van der Waals surface area contributed by atoms with Crippen molar-refractivity contribution in [3.05, 3.63) is 64.7 Å². The molecule has 24 heavy (non-hydrogen) atoms. The van der Waals surface area contributed by atoms with Crippen LogP contribution in [-0.2, 0) is 0 Å². The van der Waals surface area contributed by atoms with E-state index < -0.39 is 29.4 Å². The molecule has 0 bridgehead atoms. The fourth-order valence-corrected chi connectivity index (χ4v) is 3.13. The first-order valence-corrected chi connectivity index (χ1v) is 7.36. The number of aromatic nitrogens is 3. The van der Waals surface area contributed by atoms with Crippen molar-refractivity contribution in [1.82, 2.24) is 14.5 Å². The molecule has 0 fully saturated rings. The van der Waals surface area contributed by atoms with Crippen LogP contribution in [0.25, 0.3) is 0 Å². The summed E-state index contributed by atoms with van der Waals surface area (Å²) in [4.78, 5) is 31.5. The molecule has 1 aromatic carbocycles. The Kier molecular flexibility index (Phi) is 2.86. The van der Waals surface area contributed by atoms with Crippen molar-refractivity contribution >= 4 is 11.6 Å². The molecule has 7 heteroatoms. The molecule has 0 aliphatic heterocycles. The van der Waals surface area contributed by atoms with E-state index in [-0.39, 0.29) is 22.5 Å².